The molecule has 1 atom stereocenters. The first-order chi connectivity index (χ1) is 9.82. The molecule has 1 unspecified atom stereocenters. The molecule has 21 heavy (non-hydrogen) atoms. The molecule has 1 aliphatic heterocycles. The second-order valence-corrected chi connectivity index (χ2v) is 6.22. The number of halogens is 2. The van der Waals surface area contributed by atoms with Gasteiger partial charge in [0.15, 0.2) is 0 Å². The van der Waals surface area contributed by atoms with Crippen molar-refractivity contribution in [3.05, 3.63) is 39.9 Å². The largest absolute Gasteiger partial charge is 0.481 e. The number of likely N-dealkylation sites (tertiary alicyclic amines) is 1. The molecule has 4 nitrogen and oxygen atoms in total. The summed E-state index contributed by atoms with van der Waals surface area (Å²) >= 11 is 11.8. The molecule has 0 spiro atoms. The molecule has 1 aromatic carbocycles. The highest BCUT2D eigenvalue weighted by Crippen LogP contribution is 2.30. The quantitative estimate of drug-likeness (QED) is 0.866. The molecule has 0 aliphatic carbocycles. The predicted octanol–water partition coefficient (Wildman–Crippen LogP) is 3.33. The van der Waals surface area contributed by atoms with Gasteiger partial charge in [0.25, 0.3) is 0 Å². The summed E-state index contributed by atoms with van der Waals surface area (Å²) in [6.45, 7) is 2.32. The van der Waals surface area contributed by atoms with E-state index >= 15 is 0 Å². The molecule has 0 aromatic heterocycles. The third kappa shape index (κ3) is 3.57. The van der Waals surface area contributed by atoms with Crippen molar-refractivity contribution in [3.63, 3.8) is 0 Å². The molecule has 1 N–H and O–H groups in total. The number of nitrogens with zero attached hydrogens (tertiary/aromatic N) is 1. The summed E-state index contributed by atoms with van der Waals surface area (Å²) in [5.74, 6) is -1.09. The standard InChI is InChI=1S/C15H15Cl2NO3/c1-15(14(20)21)6-7-18(9-15)13(19)5-3-10-2-4-11(16)8-12(10)17/h2-5,8H,6-7,9H2,1H3,(H,20,21). The average molecular weight is 328 g/mol. The first-order valence-electron chi connectivity index (χ1n) is 6.47. The van der Waals surface area contributed by atoms with E-state index in [-0.39, 0.29) is 12.5 Å². The van der Waals surface area contributed by atoms with Gasteiger partial charge >= 0.3 is 5.97 Å². The highest BCUT2D eigenvalue weighted by atomic mass is 35.5. The Labute approximate surface area is 133 Å². The van der Waals surface area contributed by atoms with Crippen molar-refractivity contribution in [2.45, 2.75) is 13.3 Å². The van der Waals surface area contributed by atoms with Crippen LogP contribution in [-0.2, 0) is 9.59 Å². The molecular formula is C15H15Cl2NO3. The molecule has 112 valence electrons. The van der Waals surface area contributed by atoms with E-state index in [4.69, 9.17) is 28.3 Å². The van der Waals surface area contributed by atoms with Crippen LogP contribution in [0.25, 0.3) is 6.08 Å². The summed E-state index contributed by atoms with van der Waals surface area (Å²) in [5.41, 5.74) is -0.170. The van der Waals surface area contributed by atoms with Gasteiger partial charge in [0.2, 0.25) is 5.91 Å². The van der Waals surface area contributed by atoms with E-state index in [0.717, 1.165) is 0 Å². The number of carbonyl (C=O) groups excluding carboxylic acids is 1. The zero-order valence-corrected chi connectivity index (χ0v) is 13.0. The number of benzene rings is 1. The van der Waals surface area contributed by atoms with Gasteiger partial charge in [0, 0.05) is 29.2 Å². The van der Waals surface area contributed by atoms with Gasteiger partial charge in [-0.15, -0.1) is 0 Å². The Morgan fingerprint density at radius 2 is 2.10 bits per heavy atom. The fraction of sp³-hybridized carbons (Fsp3) is 0.333. The molecule has 1 heterocycles. The van der Waals surface area contributed by atoms with E-state index in [9.17, 15) is 9.59 Å². The fourth-order valence-corrected chi connectivity index (χ4v) is 2.70. The Morgan fingerprint density at radius 3 is 2.67 bits per heavy atom. The molecule has 6 heteroatoms. The smallest absolute Gasteiger partial charge is 0.311 e. The normalized spacial score (nSPS) is 22.0. The Balaban J connectivity index is 2.05. The number of hydrogen-bond acceptors (Lipinski definition) is 2. The molecule has 0 bridgehead atoms. The van der Waals surface area contributed by atoms with Gasteiger partial charge in [-0.3, -0.25) is 9.59 Å². The maximum absolute atomic E-state index is 12.1. The minimum absolute atomic E-state index is 0.217. The van der Waals surface area contributed by atoms with Crippen LogP contribution in [0.4, 0.5) is 0 Å². The summed E-state index contributed by atoms with van der Waals surface area (Å²) in [7, 11) is 0. The first kappa shape index (κ1) is 15.9. The van der Waals surface area contributed by atoms with Gasteiger partial charge in [-0.1, -0.05) is 29.3 Å². The Hall–Kier alpha value is -1.52. The second-order valence-electron chi connectivity index (χ2n) is 5.37. The molecule has 0 saturated carbocycles. The Kier molecular flexibility index (Phi) is 4.59. The highest BCUT2D eigenvalue weighted by Gasteiger charge is 2.41. The average Bonchev–Trinajstić information content (AvgIpc) is 2.82. The van der Waals surface area contributed by atoms with Gasteiger partial charge in [-0.2, -0.15) is 0 Å². The van der Waals surface area contributed by atoms with E-state index in [1.54, 1.807) is 31.2 Å². The maximum Gasteiger partial charge on any atom is 0.311 e. The zero-order chi connectivity index (χ0) is 15.6. The van der Waals surface area contributed by atoms with Gasteiger partial charge in [0.1, 0.15) is 0 Å². The molecule has 1 saturated heterocycles. The van der Waals surface area contributed by atoms with E-state index in [1.807, 2.05) is 0 Å². The van der Waals surface area contributed by atoms with Crippen LogP contribution in [0.5, 0.6) is 0 Å². The molecule has 1 amide bonds. The van der Waals surface area contributed by atoms with Gasteiger partial charge in [-0.05, 0) is 37.1 Å². The lowest BCUT2D eigenvalue weighted by Gasteiger charge is -2.19. The van der Waals surface area contributed by atoms with Crippen molar-refractivity contribution < 1.29 is 14.7 Å². The third-order valence-corrected chi connectivity index (χ3v) is 4.23. The predicted molar refractivity (Wildman–Crippen MR) is 82.4 cm³/mol. The van der Waals surface area contributed by atoms with Crippen molar-refractivity contribution >= 4 is 41.2 Å². The number of rotatable bonds is 3. The lowest BCUT2D eigenvalue weighted by Crippen LogP contribution is -2.34. The zero-order valence-electron chi connectivity index (χ0n) is 11.5. The van der Waals surface area contributed by atoms with E-state index in [0.29, 0.717) is 28.6 Å². The topological polar surface area (TPSA) is 57.6 Å². The summed E-state index contributed by atoms with van der Waals surface area (Å²) in [6.07, 6.45) is 3.48. The van der Waals surface area contributed by atoms with Crippen LogP contribution in [0.15, 0.2) is 24.3 Å². The molecule has 1 aromatic rings. The highest BCUT2D eigenvalue weighted by molar-refractivity contribution is 6.35. The van der Waals surface area contributed by atoms with Crippen molar-refractivity contribution in [1.82, 2.24) is 4.90 Å². The third-order valence-electron chi connectivity index (χ3n) is 3.67. The summed E-state index contributed by atoms with van der Waals surface area (Å²) in [6, 6.07) is 5.01. The minimum Gasteiger partial charge on any atom is -0.481 e. The lowest BCUT2D eigenvalue weighted by atomic mass is 9.90. The van der Waals surface area contributed by atoms with Gasteiger partial charge in [-0.25, -0.2) is 0 Å². The summed E-state index contributed by atoms with van der Waals surface area (Å²) in [4.78, 5) is 24.8. The van der Waals surface area contributed by atoms with Crippen LogP contribution in [0.3, 0.4) is 0 Å². The maximum atomic E-state index is 12.1. The molecule has 2 rings (SSSR count). The van der Waals surface area contributed by atoms with Gasteiger partial charge in [0.05, 0.1) is 5.41 Å². The van der Waals surface area contributed by atoms with Gasteiger partial charge < -0.3 is 10.0 Å². The number of aliphatic carboxylic acids is 1. The van der Waals surface area contributed by atoms with Crippen LogP contribution >= 0.6 is 23.2 Å². The van der Waals surface area contributed by atoms with E-state index in [2.05, 4.69) is 0 Å². The monoisotopic (exact) mass is 327 g/mol. The lowest BCUT2D eigenvalue weighted by molar-refractivity contribution is -0.147. The van der Waals surface area contributed by atoms with Crippen LogP contribution in [0.2, 0.25) is 10.0 Å². The minimum atomic E-state index is -0.873. The molecule has 1 aliphatic rings. The van der Waals surface area contributed by atoms with E-state index < -0.39 is 11.4 Å². The molecule has 0 radical (unpaired) electrons. The Morgan fingerprint density at radius 1 is 1.38 bits per heavy atom. The fourth-order valence-electron chi connectivity index (χ4n) is 2.23. The Bertz CT molecular complexity index is 615. The van der Waals surface area contributed by atoms with Crippen molar-refractivity contribution in [3.8, 4) is 0 Å². The van der Waals surface area contributed by atoms with Crippen molar-refractivity contribution in [2.24, 2.45) is 5.41 Å². The van der Waals surface area contributed by atoms with Crippen molar-refractivity contribution in [1.29, 1.82) is 0 Å². The summed E-state index contributed by atoms with van der Waals surface area (Å²) in [5, 5.41) is 10.1. The number of amides is 1. The number of hydrogen-bond donors (Lipinski definition) is 1. The van der Waals surface area contributed by atoms with Crippen LogP contribution in [0, 0.1) is 5.41 Å². The first-order valence-corrected chi connectivity index (χ1v) is 7.23. The van der Waals surface area contributed by atoms with Crippen LogP contribution in [0.1, 0.15) is 18.9 Å². The molecule has 1 fully saturated rings. The SMILES string of the molecule is CC1(C(=O)O)CCN(C(=O)C=Cc2ccc(Cl)cc2Cl)C1. The molecular weight excluding hydrogens is 313 g/mol. The number of carbonyl (C=O) groups is 2. The second kappa shape index (κ2) is 6.08. The number of carboxylic acids is 1. The van der Waals surface area contributed by atoms with Crippen molar-refractivity contribution in [2.75, 3.05) is 13.1 Å². The number of carboxylic acid groups (broad SMARTS) is 1. The van der Waals surface area contributed by atoms with E-state index in [1.165, 1.54) is 11.0 Å². The van der Waals surface area contributed by atoms with Crippen LogP contribution < -0.4 is 0 Å². The summed E-state index contributed by atoms with van der Waals surface area (Å²) < 4.78 is 0. The van der Waals surface area contributed by atoms with Crippen LogP contribution in [-0.4, -0.2) is 35.0 Å².